The van der Waals surface area contributed by atoms with Crippen LogP contribution in [0.5, 0.6) is 0 Å². The summed E-state index contributed by atoms with van der Waals surface area (Å²) >= 11 is 0. The van der Waals surface area contributed by atoms with Gasteiger partial charge in [-0.05, 0) is 12.8 Å². The van der Waals surface area contributed by atoms with Crippen LogP contribution in [0.4, 0.5) is 0 Å². The molecule has 0 atom stereocenters. The molecule has 12 heavy (non-hydrogen) atoms. The Hall–Kier alpha value is -0.330. The number of nitrogens with zero attached hydrogens (tertiary/aromatic N) is 1. The minimum atomic E-state index is 1.29. The molecule has 0 aromatic rings. The highest BCUT2D eigenvalue weighted by Crippen LogP contribution is 2.10. The van der Waals surface area contributed by atoms with Crippen LogP contribution < -0.4 is 0 Å². The standard InChI is InChI=1S/C11H22N/c1-3-4-5-8-11-9-6-7-10-12(11)2/h3-10H2,1-2H3/q+1. The van der Waals surface area contributed by atoms with Crippen molar-refractivity contribution in [3.05, 3.63) is 0 Å². The van der Waals surface area contributed by atoms with Gasteiger partial charge >= 0.3 is 0 Å². The summed E-state index contributed by atoms with van der Waals surface area (Å²) in [5.41, 5.74) is 1.70. The van der Waals surface area contributed by atoms with E-state index >= 15 is 0 Å². The third-order valence-corrected chi connectivity index (χ3v) is 2.82. The van der Waals surface area contributed by atoms with E-state index in [0.29, 0.717) is 0 Å². The van der Waals surface area contributed by atoms with Crippen molar-refractivity contribution in [2.24, 2.45) is 0 Å². The monoisotopic (exact) mass is 168 g/mol. The van der Waals surface area contributed by atoms with Gasteiger partial charge in [-0.2, -0.15) is 0 Å². The van der Waals surface area contributed by atoms with Crippen LogP contribution in [0.3, 0.4) is 0 Å². The van der Waals surface area contributed by atoms with Gasteiger partial charge in [0.05, 0.1) is 0 Å². The second kappa shape index (κ2) is 5.34. The average Bonchev–Trinajstić information content (AvgIpc) is 2.09. The largest absolute Gasteiger partial charge is 0.240 e. The Morgan fingerprint density at radius 2 is 2.08 bits per heavy atom. The van der Waals surface area contributed by atoms with E-state index in [1.54, 1.807) is 5.71 Å². The molecule has 0 aromatic heterocycles. The van der Waals surface area contributed by atoms with Crippen molar-refractivity contribution in [2.75, 3.05) is 13.6 Å². The molecule has 0 spiro atoms. The molecule has 0 unspecified atom stereocenters. The molecule has 1 nitrogen and oxygen atoms in total. The summed E-state index contributed by atoms with van der Waals surface area (Å²) in [7, 11) is 2.25. The van der Waals surface area contributed by atoms with Gasteiger partial charge in [-0.15, -0.1) is 0 Å². The molecule has 0 saturated heterocycles. The van der Waals surface area contributed by atoms with E-state index in [9.17, 15) is 0 Å². The zero-order valence-corrected chi connectivity index (χ0v) is 8.60. The molecule has 1 heteroatoms. The molecule has 0 radical (unpaired) electrons. The summed E-state index contributed by atoms with van der Waals surface area (Å²) in [6.07, 6.45) is 9.68. The smallest absolute Gasteiger partial charge is 0.152 e. The summed E-state index contributed by atoms with van der Waals surface area (Å²) < 4.78 is 2.47. The first kappa shape index (κ1) is 9.76. The van der Waals surface area contributed by atoms with Gasteiger partial charge in [-0.25, -0.2) is 4.58 Å². The molecular formula is C11H22N+. The summed E-state index contributed by atoms with van der Waals surface area (Å²) in [6, 6.07) is 0. The van der Waals surface area contributed by atoms with Gasteiger partial charge in [0.25, 0.3) is 0 Å². The molecule has 0 aliphatic carbocycles. The maximum Gasteiger partial charge on any atom is 0.152 e. The number of unbranched alkanes of at least 4 members (excludes halogenated alkanes) is 2. The Morgan fingerprint density at radius 3 is 2.75 bits per heavy atom. The fraction of sp³-hybridized carbons (Fsp3) is 0.909. The number of hydrogen-bond acceptors (Lipinski definition) is 0. The van der Waals surface area contributed by atoms with Crippen molar-refractivity contribution < 1.29 is 4.58 Å². The quantitative estimate of drug-likeness (QED) is 0.448. The highest BCUT2D eigenvalue weighted by Gasteiger charge is 2.14. The minimum absolute atomic E-state index is 1.29. The number of hydrogen-bond donors (Lipinski definition) is 0. The van der Waals surface area contributed by atoms with Crippen molar-refractivity contribution in [1.29, 1.82) is 0 Å². The van der Waals surface area contributed by atoms with Gasteiger partial charge in [-0.3, -0.25) is 0 Å². The Bertz CT molecular complexity index is 158. The maximum atomic E-state index is 2.47. The zero-order chi connectivity index (χ0) is 8.81. The summed E-state index contributed by atoms with van der Waals surface area (Å²) in [4.78, 5) is 0. The number of rotatable bonds is 4. The van der Waals surface area contributed by atoms with Crippen LogP contribution in [-0.2, 0) is 0 Å². The van der Waals surface area contributed by atoms with Gasteiger partial charge in [-0.1, -0.05) is 19.8 Å². The second-order valence-corrected chi connectivity index (χ2v) is 3.90. The Labute approximate surface area is 76.5 Å². The van der Waals surface area contributed by atoms with Crippen molar-refractivity contribution in [1.82, 2.24) is 0 Å². The van der Waals surface area contributed by atoms with Crippen molar-refractivity contribution in [3.63, 3.8) is 0 Å². The first-order valence-corrected chi connectivity index (χ1v) is 5.40. The summed E-state index contributed by atoms with van der Waals surface area (Å²) in [5, 5.41) is 0. The van der Waals surface area contributed by atoms with Gasteiger partial charge in [0.1, 0.15) is 13.6 Å². The van der Waals surface area contributed by atoms with Crippen LogP contribution in [0.15, 0.2) is 0 Å². The average molecular weight is 168 g/mol. The Morgan fingerprint density at radius 1 is 1.25 bits per heavy atom. The van der Waals surface area contributed by atoms with Crippen LogP contribution >= 0.6 is 0 Å². The lowest BCUT2D eigenvalue weighted by Gasteiger charge is -2.11. The van der Waals surface area contributed by atoms with Gasteiger partial charge in [0.2, 0.25) is 0 Å². The molecule has 0 N–H and O–H groups in total. The molecule has 1 rings (SSSR count). The van der Waals surface area contributed by atoms with Gasteiger partial charge in [0.15, 0.2) is 5.71 Å². The van der Waals surface area contributed by atoms with Gasteiger partial charge < -0.3 is 0 Å². The Kier molecular flexibility index (Phi) is 4.34. The maximum absolute atomic E-state index is 2.47. The highest BCUT2D eigenvalue weighted by molar-refractivity contribution is 5.79. The van der Waals surface area contributed by atoms with Crippen molar-refractivity contribution >= 4 is 5.71 Å². The van der Waals surface area contributed by atoms with Crippen LogP contribution in [0, 0.1) is 0 Å². The first-order chi connectivity index (χ1) is 5.84. The molecule has 0 saturated carbocycles. The predicted octanol–water partition coefficient (Wildman–Crippen LogP) is 2.83. The van der Waals surface area contributed by atoms with Crippen LogP contribution in [0.2, 0.25) is 0 Å². The third-order valence-electron chi connectivity index (χ3n) is 2.82. The highest BCUT2D eigenvalue weighted by atomic mass is 15.0. The van der Waals surface area contributed by atoms with Crippen LogP contribution in [0.1, 0.15) is 51.9 Å². The van der Waals surface area contributed by atoms with E-state index in [-0.39, 0.29) is 0 Å². The van der Waals surface area contributed by atoms with E-state index in [4.69, 9.17) is 0 Å². The molecule has 70 valence electrons. The SMILES string of the molecule is CCCCCC1=[N+](C)CCCC1. The molecule has 1 aliphatic rings. The fourth-order valence-electron chi connectivity index (χ4n) is 1.92. The van der Waals surface area contributed by atoms with E-state index in [2.05, 4.69) is 18.5 Å². The Balaban J connectivity index is 2.28. The van der Waals surface area contributed by atoms with E-state index < -0.39 is 0 Å². The van der Waals surface area contributed by atoms with Crippen LogP contribution in [-0.4, -0.2) is 23.9 Å². The first-order valence-electron chi connectivity index (χ1n) is 5.40. The lowest BCUT2D eigenvalue weighted by molar-refractivity contribution is -0.504. The molecular weight excluding hydrogens is 146 g/mol. The molecule has 0 aromatic carbocycles. The normalized spacial score (nSPS) is 18.5. The fourth-order valence-corrected chi connectivity index (χ4v) is 1.92. The zero-order valence-electron chi connectivity index (χ0n) is 8.60. The van der Waals surface area contributed by atoms with E-state index in [1.807, 2.05) is 0 Å². The lowest BCUT2D eigenvalue weighted by Crippen LogP contribution is -2.23. The third kappa shape index (κ3) is 2.96. The molecule has 0 amide bonds. The summed E-state index contributed by atoms with van der Waals surface area (Å²) in [6.45, 7) is 3.57. The van der Waals surface area contributed by atoms with E-state index in [1.165, 1.54) is 51.5 Å². The van der Waals surface area contributed by atoms with Crippen molar-refractivity contribution in [2.45, 2.75) is 51.9 Å². The van der Waals surface area contributed by atoms with Crippen molar-refractivity contribution in [3.8, 4) is 0 Å². The summed E-state index contributed by atoms with van der Waals surface area (Å²) in [5.74, 6) is 0. The lowest BCUT2D eigenvalue weighted by atomic mass is 10.0. The second-order valence-electron chi connectivity index (χ2n) is 3.90. The molecule has 0 fully saturated rings. The van der Waals surface area contributed by atoms with Gasteiger partial charge in [0, 0.05) is 19.3 Å². The predicted molar refractivity (Wildman–Crippen MR) is 54.1 cm³/mol. The molecule has 1 heterocycles. The topological polar surface area (TPSA) is 3.01 Å². The van der Waals surface area contributed by atoms with Crippen LogP contribution in [0.25, 0.3) is 0 Å². The molecule has 1 aliphatic heterocycles. The minimum Gasteiger partial charge on any atom is -0.240 e. The van der Waals surface area contributed by atoms with E-state index in [0.717, 1.165) is 0 Å². The molecule has 0 bridgehead atoms.